The smallest absolute Gasteiger partial charge is 0.0192 e. The first-order valence-corrected chi connectivity index (χ1v) is 6.40. The highest BCUT2D eigenvalue weighted by molar-refractivity contribution is 7.99. The maximum atomic E-state index is 5.81. The van der Waals surface area contributed by atoms with Gasteiger partial charge in [-0.1, -0.05) is 42.1 Å². The summed E-state index contributed by atoms with van der Waals surface area (Å²) >= 11 is 1.73. The monoisotopic (exact) mass is 244 g/mol. The highest BCUT2D eigenvalue weighted by Gasteiger charge is 2.06. The molecule has 0 spiro atoms. The normalized spacial score (nSPS) is 10.5. The minimum atomic E-state index is 0.530. The number of hydrogen-bond acceptors (Lipinski definition) is 3. The number of benzene rings is 2. The molecule has 2 rings (SSSR count). The van der Waals surface area contributed by atoms with Gasteiger partial charge >= 0.3 is 0 Å². The molecule has 4 N–H and O–H groups in total. The van der Waals surface area contributed by atoms with Crippen molar-refractivity contribution in [2.45, 2.75) is 22.9 Å². The van der Waals surface area contributed by atoms with Gasteiger partial charge in [0.15, 0.2) is 0 Å². The minimum Gasteiger partial charge on any atom is -0.326 e. The molecule has 0 unspecified atom stereocenters. The summed E-state index contributed by atoms with van der Waals surface area (Å²) in [7, 11) is 0. The van der Waals surface area contributed by atoms with E-state index < -0.39 is 0 Å². The molecule has 0 aliphatic carbocycles. The first-order chi connectivity index (χ1) is 8.35. The largest absolute Gasteiger partial charge is 0.326 e. The quantitative estimate of drug-likeness (QED) is 0.869. The van der Waals surface area contributed by atoms with Gasteiger partial charge in [0.05, 0.1) is 0 Å². The van der Waals surface area contributed by atoms with Crippen LogP contribution in [0.4, 0.5) is 0 Å². The van der Waals surface area contributed by atoms with E-state index in [0.29, 0.717) is 13.1 Å². The molecule has 0 heterocycles. The molecule has 88 valence electrons. The van der Waals surface area contributed by atoms with Crippen molar-refractivity contribution in [1.29, 1.82) is 0 Å². The van der Waals surface area contributed by atoms with E-state index in [9.17, 15) is 0 Å². The average molecular weight is 244 g/mol. The van der Waals surface area contributed by atoms with Gasteiger partial charge in [0, 0.05) is 22.9 Å². The molecular weight excluding hydrogens is 228 g/mol. The number of hydrogen-bond donors (Lipinski definition) is 2. The Hall–Kier alpha value is -1.29. The van der Waals surface area contributed by atoms with Crippen LogP contribution < -0.4 is 11.5 Å². The second-order valence-electron chi connectivity index (χ2n) is 3.72. The highest BCUT2D eigenvalue weighted by atomic mass is 32.2. The van der Waals surface area contributed by atoms with Crippen LogP contribution in [0, 0.1) is 0 Å². The van der Waals surface area contributed by atoms with Crippen LogP contribution in [0.25, 0.3) is 0 Å². The SMILES string of the molecule is NCc1cccc(Sc2ccccc2)c1CN. The third-order valence-electron chi connectivity index (χ3n) is 2.63. The molecular formula is C14H16N2S. The Morgan fingerprint density at radius 2 is 1.59 bits per heavy atom. The molecule has 0 fully saturated rings. The molecule has 0 amide bonds. The Kier molecular flexibility index (Phi) is 4.20. The van der Waals surface area contributed by atoms with Gasteiger partial charge in [-0.05, 0) is 29.3 Å². The number of rotatable bonds is 4. The second kappa shape index (κ2) is 5.87. The minimum absolute atomic E-state index is 0.530. The summed E-state index contributed by atoms with van der Waals surface area (Å²) in [6.07, 6.45) is 0. The first kappa shape index (κ1) is 12.2. The third kappa shape index (κ3) is 2.88. The molecule has 0 radical (unpaired) electrons. The van der Waals surface area contributed by atoms with E-state index in [1.54, 1.807) is 11.8 Å². The molecule has 0 saturated heterocycles. The van der Waals surface area contributed by atoms with E-state index in [2.05, 4.69) is 18.2 Å². The van der Waals surface area contributed by atoms with Crippen molar-refractivity contribution < 1.29 is 0 Å². The standard InChI is InChI=1S/C14H16N2S/c15-9-11-5-4-8-14(13(11)10-16)17-12-6-2-1-3-7-12/h1-8H,9-10,15-16H2. The zero-order valence-electron chi connectivity index (χ0n) is 9.60. The average Bonchev–Trinajstić information content (AvgIpc) is 2.39. The van der Waals surface area contributed by atoms with Crippen molar-refractivity contribution in [3.8, 4) is 0 Å². The van der Waals surface area contributed by atoms with Crippen LogP contribution in [0.3, 0.4) is 0 Å². The summed E-state index contributed by atoms with van der Waals surface area (Å²) in [5.41, 5.74) is 13.8. The second-order valence-corrected chi connectivity index (χ2v) is 4.83. The number of nitrogens with two attached hydrogens (primary N) is 2. The Balaban J connectivity index is 2.33. The fraction of sp³-hybridized carbons (Fsp3) is 0.143. The lowest BCUT2D eigenvalue weighted by molar-refractivity contribution is 0.948. The zero-order chi connectivity index (χ0) is 12.1. The van der Waals surface area contributed by atoms with Crippen LogP contribution in [-0.4, -0.2) is 0 Å². The first-order valence-electron chi connectivity index (χ1n) is 5.59. The lowest BCUT2D eigenvalue weighted by atomic mass is 10.1. The molecule has 0 bridgehead atoms. The summed E-state index contributed by atoms with van der Waals surface area (Å²) in [6.45, 7) is 1.07. The van der Waals surface area contributed by atoms with Gasteiger partial charge in [0.2, 0.25) is 0 Å². The Labute approximate surface area is 106 Å². The van der Waals surface area contributed by atoms with Crippen LogP contribution in [0.5, 0.6) is 0 Å². The predicted octanol–water partition coefficient (Wildman–Crippen LogP) is 2.76. The molecule has 0 aliphatic heterocycles. The van der Waals surface area contributed by atoms with Crippen LogP contribution in [-0.2, 0) is 13.1 Å². The molecule has 0 atom stereocenters. The summed E-state index contributed by atoms with van der Waals surface area (Å²) in [5, 5.41) is 0. The summed E-state index contributed by atoms with van der Waals surface area (Å²) in [4.78, 5) is 2.41. The Morgan fingerprint density at radius 1 is 0.824 bits per heavy atom. The van der Waals surface area contributed by atoms with Crippen molar-refractivity contribution in [3.63, 3.8) is 0 Å². The topological polar surface area (TPSA) is 52.0 Å². The van der Waals surface area contributed by atoms with E-state index in [4.69, 9.17) is 11.5 Å². The fourth-order valence-electron chi connectivity index (χ4n) is 1.75. The van der Waals surface area contributed by atoms with E-state index >= 15 is 0 Å². The maximum Gasteiger partial charge on any atom is 0.0192 e. The highest BCUT2D eigenvalue weighted by Crippen LogP contribution is 2.31. The van der Waals surface area contributed by atoms with E-state index in [-0.39, 0.29) is 0 Å². The molecule has 0 aliphatic rings. The summed E-state index contributed by atoms with van der Waals surface area (Å²) in [6, 6.07) is 16.5. The van der Waals surface area contributed by atoms with Gasteiger partial charge in [-0.3, -0.25) is 0 Å². The lowest BCUT2D eigenvalue weighted by Gasteiger charge is -2.11. The Morgan fingerprint density at radius 3 is 2.24 bits per heavy atom. The van der Waals surface area contributed by atoms with Crippen molar-refractivity contribution >= 4 is 11.8 Å². The van der Waals surface area contributed by atoms with Gasteiger partial charge < -0.3 is 11.5 Å². The van der Waals surface area contributed by atoms with Crippen LogP contribution in [0.15, 0.2) is 58.3 Å². The Bertz CT molecular complexity index is 483. The molecule has 0 saturated carbocycles. The van der Waals surface area contributed by atoms with Crippen LogP contribution >= 0.6 is 11.8 Å². The van der Waals surface area contributed by atoms with Gasteiger partial charge in [-0.15, -0.1) is 0 Å². The van der Waals surface area contributed by atoms with Gasteiger partial charge in [-0.2, -0.15) is 0 Å². The fourth-order valence-corrected chi connectivity index (χ4v) is 2.78. The van der Waals surface area contributed by atoms with Gasteiger partial charge in [0.25, 0.3) is 0 Å². The van der Waals surface area contributed by atoms with Crippen LogP contribution in [0.1, 0.15) is 11.1 Å². The van der Waals surface area contributed by atoms with E-state index in [1.807, 2.05) is 30.3 Å². The van der Waals surface area contributed by atoms with Crippen molar-refractivity contribution in [1.82, 2.24) is 0 Å². The van der Waals surface area contributed by atoms with Crippen molar-refractivity contribution in [3.05, 3.63) is 59.7 Å². The van der Waals surface area contributed by atoms with Gasteiger partial charge in [0.1, 0.15) is 0 Å². The summed E-state index contributed by atoms with van der Waals surface area (Å²) < 4.78 is 0. The maximum absolute atomic E-state index is 5.81. The van der Waals surface area contributed by atoms with Crippen LogP contribution in [0.2, 0.25) is 0 Å². The molecule has 2 aromatic rings. The predicted molar refractivity (Wildman–Crippen MR) is 72.8 cm³/mol. The van der Waals surface area contributed by atoms with Crippen molar-refractivity contribution in [2.24, 2.45) is 11.5 Å². The zero-order valence-corrected chi connectivity index (χ0v) is 10.4. The molecule has 2 aromatic carbocycles. The van der Waals surface area contributed by atoms with Gasteiger partial charge in [-0.25, -0.2) is 0 Å². The van der Waals surface area contributed by atoms with Crippen molar-refractivity contribution in [2.75, 3.05) is 0 Å². The molecule has 0 aromatic heterocycles. The summed E-state index contributed by atoms with van der Waals surface area (Å²) in [5.74, 6) is 0. The lowest BCUT2D eigenvalue weighted by Crippen LogP contribution is -2.07. The van der Waals surface area contributed by atoms with E-state index in [1.165, 1.54) is 9.79 Å². The van der Waals surface area contributed by atoms with E-state index in [0.717, 1.165) is 11.1 Å². The molecule has 2 nitrogen and oxygen atoms in total. The molecule has 17 heavy (non-hydrogen) atoms. The molecule has 3 heteroatoms. The third-order valence-corrected chi connectivity index (χ3v) is 3.74.